The predicted molar refractivity (Wildman–Crippen MR) is 102 cm³/mol. The van der Waals surface area contributed by atoms with Gasteiger partial charge in [-0.15, -0.1) is 0 Å². The fourth-order valence-corrected chi connectivity index (χ4v) is 4.66. The number of rotatable bonds is 3. The molecule has 1 atom stereocenters. The van der Waals surface area contributed by atoms with Crippen LogP contribution in [0.5, 0.6) is 0 Å². The second kappa shape index (κ2) is 6.02. The number of primary amides is 1. The zero-order chi connectivity index (χ0) is 19.5. The molecule has 7 heteroatoms. The van der Waals surface area contributed by atoms with Crippen LogP contribution in [0.2, 0.25) is 0 Å². The first-order valence-electron chi connectivity index (χ1n) is 9.78. The number of nitrogens with two attached hydrogens (primary N) is 1. The summed E-state index contributed by atoms with van der Waals surface area (Å²) in [6.07, 6.45) is 5.15. The lowest BCUT2D eigenvalue weighted by Gasteiger charge is -2.31. The summed E-state index contributed by atoms with van der Waals surface area (Å²) in [7, 11) is 0. The van der Waals surface area contributed by atoms with Gasteiger partial charge in [0, 0.05) is 29.2 Å². The van der Waals surface area contributed by atoms with Crippen molar-refractivity contribution in [1.82, 2.24) is 14.9 Å². The molecule has 0 radical (unpaired) electrons. The van der Waals surface area contributed by atoms with E-state index in [4.69, 9.17) is 5.73 Å². The highest BCUT2D eigenvalue weighted by atomic mass is 16.2. The minimum Gasteiger partial charge on any atom is -0.366 e. The Morgan fingerprint density at radius 3 is 2.57 bits per heavy atom. The number of hydrogen-bond donors (Lipinski definition) is 2. The number of aromatic amines is 1. The van der Waals surface area contributed by atoms with E-state index in [2.05, 4.69) is 9.97 Å². The number of hydrogen-bond acceptors (Lipinski definition) is 4. The topological polar surface area (TPSA) is 109 Å². The number of amides is 2. The van der Waals surface area contributed by atoms with Gasteiger partial charge in [0.2, 0.25) is 11.8 Å². The Morgan fingerprint density at radius 1 is 1.21 bits per heavy atom. The highest BCUT2D eigenvalue weighted by Gasteiger charge is 2.61. The lowest BCUT2D eigenvalue weighted by Crippen LogP contribution is -2.41. The Hall–Kier alpha value is -2.96. The molecule has 28 heavy (non-hydrogen) atoms. The molecule has 0 saturated heterocycles. The molecule has 1 aliphatic heterocycles. The van der Waals surface area contributed by atoms with Crippen LogP contribution < -0.4 is 11.3 Å². The maximum absolute atomic E-state index is 12.9. The van der Waals surface area contributed by atoms with Crippen molar-refractivity contribution < 1.29 is 9.59 Å². The summed E-state index contributed by atoms with van der Waals surface area (Å²) in [4.78, 5) is 46.0. The summed E-state index contributed by atoms with van der Waals surface area (Å²) < 4.78 is 0. The van der Waals surface area contributed by atoms with Crippen molar-refractivity contribution >= 4 is 11.8 Å². The van der Waals surface area contributed by atoms with E-state index >= 15 is 0 Å². The molecule has 3 N–H and O–H groups in total. The molecule has 0 unspecified atom stereocenters. The summed E-state index contributed by atoms with van der Waals surface area (Å²) in [6.45, 7) is 0.965. The van der Waals surface area contributed by atoms with Gasteiger partial charge in [-0.3, -0.25) is 14.4 Å². The number of nitrogens with one attached hydrogen (secondary N) is 1. The van der Waals surface area contributed by atoms with Crippen molar-refractivity contribution in [3.8, 4) is 11.4 Å². The Morgan fingerprint density at radius 2 is 1.96 bits per heavy atom. The van der Waals surface area contributed by atoms with E-state index in [9.17, 15) is 14.4 Å². The molecule has 7 nitrogen and oxygen atoms in total. The summed E-state index contributed by atoms with van der Waals surface area (Å²) in [5.74, 6) is 0.332. The van der Waals surface area contributed by atoms with E-state index in [0.717, 1.165) is 6.42 Å². The monoisotopic (exact) mass is 378 g/mol. The summed E-state index contributed by atoms with van der Waals surface area (Å²) in [5.41, 5.74) is 7.84. The third kappa shape index (κ3) is 2.65. The predicted octanol–water partition coefficient (Wildman–Crippen LogP) is 1.61. The molecule has 2 saturated carbocycles. The quantitative estimate of drug-likeness (QED) is 0.845. The number of aromatic nitrogens is 2. The van der Waals surface area contributed by atoms with Gasteiger partial charge in [-0.05, 0) is 43.2 Å². The third-order valence-electron chi connectivity index (χ3n) is 6.67. The standard InChI is InChI=1S/C21H22N4O3/c22-17(26)12-2-4-13(5-3-12)18-23-16-11-25(9-6-14(16)19(27)24-18)20(28)15-10-21(15)7-1-8-21/h2-5,15H,1,6-11H2,(H2,22,26)(H,23,24,27)/t15-/m1/s1. The molecule has 2 amide bonds. The minimum atomic E-state index is -0.503. The fraction of sp³-hybridized carbons (Fsp3) is 0.429. The van der Waals surface area contributed by atoms with Gasteiger partial charge in [0.05, 0.1) is 12.2 Å². The summed E-state index contributed by atoms with van der Waals surface area (Å²) in [5, 5.41) is 0. The van der Waals surface area contributed by atoms with Gasteiger partial charge in [0.25, 0.3) is 5.56 Å². The molecule has 5 rings (SSSR count). The number of benzene rings is 1. The number of carbonyl (C=O) groups excluding carboxylic acids is 2. The van der Waals surface area contributed by atoms with E-state index in [-0.39, 0.29) is 17.4 Å². The molecule has 3 aliphatic rings. The second-order valence-corrected chi connectivity index (χ2v) is 8.26. The third-order valence-corrected chi connectivity index (χ3v) is 6.67. The van der Waals surface area contributed by atoms with Crippen LogP contribution in [0.15, 0.2) is 29.1 Å². The summed E-state index contributed by atoms with van der Waals surface area (Å²) >= 11 is 0. The first kappa shape index (κ1) is 17.2. The maximum Gasteiger partial charge on any atom is 0.254 e. The fourth-order valence-electron chi connectivity index (χ4n) is 4.66. The second-order valence-electron chi connectivity index (χ2n) is 8.26. The number of carbonyl (C=O) groups is 2. The average Bonchev–Trinajstić information content (AvgIpc) is 3.43. The maximum atomic E-state index is 12.9. The highest BCUT2D eigenvalue weighted by molar-refractivity contribution is 5.93. The molecule has 0 bridgehead atoms. The van der Waals surface area contributed by atoms with Crippen LogP contribution in [0.25, 0.3) is 11.4 Å². The molecule has 1 spiro atoms. The lowest BCUT2D eigenvalue weighted by molar-refractivity contribution is -0.135. The van der Waals surface area contributed by atoms with Crippen molar-refractivity contribution in [2.45, 2.75) is 38.6 Å². The van der Waals surface area contributed by atoms with E-state index in [1.165, 1.54) is 19.3 Å². The van der Waals surface area contributed by atoms with Crippen LogP contribution >= 0.6 is 0 Å². The van der Waals surface area contributed by atoms with Gasteiger partial charge in [-0.1, -0.05) is 18.6 Å². The van der Waals surface area contributed by atoms with Gasteiger partial charge < -0.3 is 15.6 Å². The van der Waals surface area contributed by atoms with Crippen LogP contribution in [0.3, 0.4) is 0 Å². The van der Waals surface area contributed by atoms with Crippen molar-refractivity contribution in [2.75, 3.05) is 6.54 Å². The van der Waals surface area contributed by atoms with Crippen LogP contribution in [-0.2, 0) is 17.8 Å². The van der Waals surface area contributed by atoms with Crippen molar-refractivity contribution in [3.05, 3.63) is 51.4 Å². The van der Waals surface area contributed by atoms with Gasteiger partial charge in [-0.2, -0.15) is 0 Å². The molecule has 1 aromatic carbocycles. The van der Waals surface area contributed by atoms with Crippen molar-refractivity contribution in [3.63, 3.8) is 0 Å². The Kier molecular flexibility index (Phi) is 3.69. The Bertz CT molecular complexity index is 1040. The van der Waals surface area contributed by atoms with E-state index < -0.39 is 5.91 Å². The first-order chi connectivity index (χ1) is 13.5. The summed E-state index contributed by atoms with van der Waals surface area (Å²) in [6, 6.07) is 6.64. The highest BCUT2D eigenvalue weighted by Crippen LogP contribution is 2.66. The van der Waals surface area contributed by atoms with E-state index in [1.807, 2.05) is 4.90 Å². The molecule has 2 fully saturated rings. The molecular weight excluding hydrogens is 356 g/mol. The molecule has 2 aromatic rings. The molecule has 1 aromatic heterocycles. The lowest BCUT2D eigenvalue weighted by atomic mass is 9.79. The molecular formula is C21H22N4O3. The largest absolute Gasteiger partial charge is 0.366 e. The van der Waals surface area contributed by atoms with Gasteiger partial charge in [-0.25, -0.2) is 4.98 Å². The number of H-pyrrole nitrogens is 1. The minimum absolute atomic E-state index is 0.159. The van der Waals surface area contributed by atoms with Crippen LogP contribution in [0.4, 0.5) is 0 Å². The van der Waals surface area contributed by atoms with Crippen LogP contribution in [-0.4, -0.2) is 33.2 Å². The molecule has 2 aliphatic carbocycles. The Labute approximate surface area is 162 Å². The van der Waals surface area contributed by atoms with Gasteiger partial charge >= 0.3 is 0 Å². The van der Waals surface area contributed by atoms with Gasteiger partial charge in [0.15, 0.2) is 0 Å². The van der Waals surface area contributed by atoms with Crippen molar-refractivity contribution in [2.24, 2.45) is 17.1 Å². The number of nitrogens with zero attached hydrogens (tertiary/aromatic N) is 2. The van der Waals surface area contributed by atoms with Crippen LogP contribution in [0.1, 0.15) is 47.3 Å². The molecule has 144 valence electrons. The van der Waals surface area contributed by atoms with E-state index in [1.54, 1.807) is 24.3 Å². The van der Waals surface area contributed by atoms with Crippen molar-refractivity contribution in [1.29, 1.82) is 0 Å². The normalized spacial score (nSPS) is 21.7. The Balaban J connectivity index is 1.40. The smallest absolute Gasteiger partial charge is 0.254 e. The van der Waals surface area contributed by atoms with Gasteiger partial charge in [0.1, 0.15) is 5.82 Å². The average molecular weight is 378 g/mol. The zero-order valence-electron chi connectivity index (χ0n) is 15.5. The first-order valence-corrected chi connectivity index (χ1v) is 9.78. The van der Waals surface area contributed by atoms with Crippen LogP contribution in [0, 0.1) is 11.3 Å². The zero-order valence-corrected chi connectivity index (χ0v) is 15.5. The van der Waals surface area contributed by atoms with E-state index in [0.29, 0.717) is 53.1 Å². The number of fused-ring (bicyclic) bond motifs is 1. The molecule has 2 heterocycles. The SMILES string of the molecule is NC(=O)c1ccc(-c2nc3c(c(=O)[nH]2)CCN(C(=O)[C@H]2CC24CCC4)C3)cc1.